The Morgan fingerprint density at radius 3 is 2.71 bits per heavy atom. The van der Waals surface area contributed by atoms with Crippen molar-refractivity contribution in [2.45, 2.75) is 13.0 Å². The fraction of sp³-hybridized carbons (Fsp3) is 0.562. The first-order chi connectivity index (χ1) is 10.3. The number of nitrogens with two attached hydrogens (primary N) is 1. The van der Waals surface area contributed by atoms with Crippen molar-refractivity contribution in [1.29, 1.82) is 0 Å². The van der Waals surface area contributed by atoms with Crippen LogP contribution in [0.15, 0.2) is 24.3 Å². The van der Waals surface area contributed by atoms with Crippen molar-refractivity contribution in [3.05, 3.63) is 29.8 Å². The van der Waals surface area contributed by atoms with Crippen LogP contribution < -0.4 is 10.6 Å². The zero-order chi connectivity index (χ0) is 14.7. The van der Waals surface area contributed by atoms with Gasteiger partial charge in [-0.1, -0.05) is 18.2 Å². The lowest BCUT2D eigenvalue weighted by molar-refractivity contribution is -0.128. The summed E-state index contributed by atoms with van der Waals surface area (Å²) in [5.41, 5.74) is 8.14. The van der Waals surface area contributed by atoms with E-state index in [0.717, 1.165) is 32.8 Å². The largest absolute Gasteiger partial charge is 0.378 e. The average molecular weight is 289 g/mol. The first kappa shape index (κ1) is 14.4. The average Bonchev–Trinajstić information content (AvgIpc) is 2.89. The van der Waals surface area contributed by atoms with Gasteiger partial charge in [-0.25, -0.2) is 0 Å². The zero-order valence-electron chi connectivity index (χ0n) is 12.3. The predicted molar refractivity (Wildman–Crippen MR) is 82.1 cm³/mol. The van der Waals surface area contributed by atoms with Gasteiger partial charge in [-0.15, -0.1) is 0 Å². The van der Waals surface area contributed by atoms with Gasteiger partial charge in [0.15, 0.2) is 0 Å². The standard InChI is InChI=1S/C16H23N3O2/c17-10-13-9-16(20)19(11-13)12-14-3-1-2-4-15(14)18-5-7-21-8-6-18/h1-4,13H,5-12,17H2. The van der Waals surface area contributed by atoms with E-state index >= 15 is 0 Å². The molecule has 2 aliphatic heterocycles. The fourth-order valence-electron chi connectivity index (χ4n) is 3.13. The Balaban J connectivity index is 1.74. The summed E-state index contributed by atoms with van der Waals surface area (Å²) < 4.78 is 5.42. The normalized spacial score (nSPS) is 22.9. The Bertz CT molecular complexity index is 500. The van der Waals surface area contributed by atoms with Crippen LogP contribution in [0.2, 0.25) is 0 Å². The van der Waals surface area contributed by atoms with Crippen molar-refractivity contribution in [1.82, 2.24) is 4.90 Å². The molecule has 0 aliphatic carbocycles. The molecule has 0 spiro atoms. The third-order valence-electron chi connectivity index (χ3n) is 4.33. The molecule has 2 saturated heterocycles. The summed E-state index contributed by atoms with van der Waals surface area (Å²) in [5, 5.41) is 0. The van der Waals surface area contributed by atoms with E-state index in [4.69, 9.17) is 10.5 Å². The van der Waals surface area contributed by atoms with Gasteiger partial charge in [-0.3, -0.25) is 4.79 Å². The number of rotatable bonds is 4. The van der Waals surface area contributed by atoms with Crippen LogP contribution in [0.1, 0.15) is 12.0 Å². The second-order valence-electron chi connectivity index (χ2n) is 5.81. The van der Waals surface area contributed by atoms with Gasteiger partial charge in [-0.05, 0) is 24.1 Å². The smallest absolute Gasteiger partial charge is 0.223 e. The zero-order valence-corrected chi connectivity index (χ0v) is 12.3. The molecular formula is C16H23N3O2. The molecule has 2 fully saturated rings. The van der Waals surface area contributed by atoms with Gasteiger partial charge in [0.2, 0.25) is 5.91 Å². The molecule has 0 bridgehead atoms. The molecule has 1 aromatic rings. The number of carbonyl (C=O) groups is 1. The lowest BCUT2D eigenvalue weighted by atomic mass is 10.1. The van der Waals surface area contributed by atoms with Gasteiger partial charge in [0.05, 0.1) is 13.2 Å². The molecule has 0 radical (unpaired) electrons. The number of ether oxygens (including phenoxy) is 1. The Morgan fingerprint density at radius 1 is 1.24 bits per heavy atom. The molecule has 1 unspecified atom stereocenters. The maximum atomic E-state index is 12.1. The SMILES string of the molecule is NCC1CC(=O)N(Cc2ccccc2N2CCOCC2)C1. The van der Waals surface area contributed by atoms with E-state index in [9.17, 15) is 4.79 Å². The van der Waals surface area contributed by atoms with Crippen LogP contribution in [-0.4, -0.2) is 50.2 Å². The van der Waals surface area contributed by atoms with E-state index in [0.29, 0.717) is 25.4 Å². The van der Waals surface area contributed by atoms with Crippen molar-refractivity contribution in [3.8, 4) is 0 Å². The van der Waals surface area contributed by atoms with E-state index in [2.05, 4.69) is 23.1 Å². The number of benzene rings is 1. The quantitative estimate of drug-likeness (QED) is 0.892. The molecule has 2 aliphatic rings. The van der Waals surface area contributed by atoms with Crippen LogP contribution in [0.5, 0.6) is 0 Å². The third-order valence-corrected chi connectivity index (χ3v) is 4.33. The molecule has 1 amide bonds. The van der Waals surface area contributed by atoms with Crippen molar-refractivity contribution in [2.24, 2.45) is 11.7 Å². The van der Waals surface area contributed by atoms with E-state index < -0.39 is 0 Å². The van der Waals surface area contributed by atoms with Crippen LogP contribution in [0.25, 0.3) is 0 Å². The molecule has 5 heteroatoms. The Hall–Kier alpha value is -1.59. The summed E-state index contributed by atoms with van der Waals surface area (Å²) in [6.07, 6.45) is 0.593. The fourth-order valence-corrected chi connectivity index (χ4v) is 3.13. The number of amides is 1. The summed E-state index contributed by atoms with van der Waals surface area (Å²) >= 11 is 0. The lowest BCUT2D eigenvalue weighted by Gasteiger charge is -2.31. The maximum Gasteiger partial charge on any atom is 0.223 e. The molecule has 1 aromatic carbocycles. The van der Waals surface area contributed by atoms with E-state index in [1.54, 1.807) is 0 Å². The number of hydrogen-bond donors (Lipinski definition) is 1. The van der Waals surface area contributed by atoms with Crippen LogP contribution in [0, 0.1) is 5.92 Å². The van der Waals surface area contributed by atoms with Crippen LogP contribution >= 0.6 is 0 Å². The highest BCUT2D eigenvalue weighted by Crippen LogP contribution is 2.26. The van der Waals surface area contributed by atoms with Crippen molar-refractivity contribution in [3.63, 3.8) is 0 Å². The second-order valence-corrected chi connectivity index (χ2v) is 5.81. The van der Waals surface area contributed by atoms with Gasteiger partial charge < -0.3 is 20.3 Å². The molecule has 0 aromatic heterocycles. The number of likely N-dealkylation sites (tertiary alicyclic amines) is 1. The molecule has 1 atom stereocenters. The summed E-state index contributed by atoms with van der Waals surface area (Å²) in [6.45, 7) is 5.42. The summed E-state index contributed by atoms with van der Waals surface area (Å²) in [7, 11) is 0. The minimum atomic E-state index is 0.224. The summed E-state index contributed by atoms with van der Waals surface area (Å²) in [5.74, 6) is 0.537. The highest BCUT2D eigenvalue weighted by molar-refractivity contribution is 5.79. The van der Waals surface area contributed by atoms with Crippen molar-refractivity contribution < 1.29 is 9.53 Å². The first-order valence-electron chi connectivity index (χ1n) is 7.66. The van der Waals surface area contributed by atoms with E-state index in [-0.39, 0.29) is 5.91 Å². The van der Waals surface area contributed by atoms with Crippen LogP contribution in [0.3, 0.4) is 0 Å². The number of carbonyl (C=O) groups excluding carboxylic acids is 1. The molecule has 0 saturated carbocycles. The minimum Gasteiger partial charge on any atom is -0.378 e. The molecule has 2 N–H and O–H groups in total. The van der Waals surface area contributed by atoms with Gasteiger partial charge in [0.25, 0.3) is 0 Å². The highest BCUT2D eigenvalue weighted by atomic mass is 16.5. The number of para-hydroxylation sites is 1. The highest BCUT2D eigenvalue weighted by Gasteiger charge is 2.29. The molecule has 21 heavy (non-hydrogen) atoms. The lowest BCUT2D eigenvalue weighted by Crippen LogP contribution is -2.37. The Labute approximate surface area is 125 Å². The molecule has 3 rings (SSSR count). The first-order valence-corrected chi connectivity index (χ1v) is 7.66. The number of morpholine rings is 1. The van der Waals surface area contributed by atoms with E-state index in [1.165, 1.54) is 11.3 Å². The van der Waals surface area contributed by atoms with E-state index in [1.807, 2.05) is 11.0 Å². The molecule has 114 valence electrons. The number of anilines is 1. The summed E-state index contributed by atoms with van der Waals surface area (Å²) in [6, 6.07) is 8.36. The Morgan fingerprint density at radius 2 is 2.00 bits per heavy atom. The Kier molecular flexibility index (Phi) is 4.41. The van der Waals surface area contributed by atoms with Gasteiger partial charge >= 0.3 is 0 Å². The number of nitrogens with zero attached hydrogens (tertiary/aromatic N) is 2. The van der Waals surface area contributed by atoms with Crippen molar-refractivity contribution in [2.75, 3.05) is 44.3 Å². The van der Waals surface area contributed by atoms with Gasteiger partial charge in [-0.2, -0.15) is 0 Å². The van der Waals surface area contributed by atoms with Crippen LogP contribution in [-0.2, 0) is 16.1 Å². The second kappa shape index (κ2) is 6.45. The molecule has 5 nitrogen and oxygen atoms in total. The summed E-state index contributed by atoms with van der Waals surface area (Å²) in [4.78, 5) is 16.4. The topological polar surface area (TPSA) is 58.8 Å². The number of hydrogen-bond acceptors (Lipinski definition) is 4. The molecular weight excluding hydrogens is 266 g/mol. The predicted octanol–water partition coefficient (Wildman–Crippen LogP) is 0.830. The monoisotopic (exact) mass is 289 g/mol. The molecule has 2 heterocycles. The third kappa shape index (κ3) is 3.19. The van der Waals surface area contributed by atoms with Gasteiger partial charge in [0, 0.05) is 38.3 Å². The van der Waals surface area contributed by atoms with Crippen molar-refractivity contribution >= 4 is 11.6 Å². The minimum absolute atomic E-state index is 0.224. The van der Waals surface area contributed by atoms with Gasteiger partial charge in [0.1, 0.15) is 0 Å². The van der Waals surface area contributed by atoms with Crippen LogP contribution in [0.4, 0.5) is 5.69 Å². The maximum absolute atomic E-state index is 12.1.